The predicted octanol–water partition coefficient (Wildman–Crippen LogP) is 5.99. The summed E-state index contributed by atoms with van der Waals surface area (Å²) in [5, 5.41) is 9.42. The molecule has 0 radical (unpaired) electrons. The van der Waals surface area contributed by atoms with Gasteiger partial charge in [0.2, 0.25) is 11.8 Å². The van der Waals surface area contributed by atoms with E-state index >= 15 is 0 Å². The lowest BCUT2D eigenvalue weighted by atomic mass is 9.90. The van der Waals surface area contributed by atoms with Gasteiger partial charge in [0.05, 0.1) is 35.0 Å². The van der Waals surface area contributed by atoms with E-state index in [4.69, 9.17) is 10.5 Å². The Morgan fingerprint density at radius 3 is 2.42 bits per heavy atom. The van der Waals surface area contributed by atoms with Gasteiger partial charge >= 0.3 is 0 Å². The van der Waals surface area contributed by atoms with Crippen molar-refractivity contribution in [1.82, 2.24) is 19.9 Å². The topological polar surface area (TPSA) is 111 Å². The van der Waals surface area contributed by atoms with Gasteiger partial charge in [-0.15, -0.1) is 0 Å². The standard InChI is InChI=1S/C28H25F3N6O/c1-16-13-18(14-21(34-16)25(30)31)23-24(17-7-9-19(29)10-8-17)36-27(33)37-26(23)38-12-11-20-5-4-6-22(35-20)28(2,3)15-32/h4-10,13-14,25H,11-12H2,1-3H3,(H2,33,36,37). The molecule has 38 heavy (non-hydrogen) atoms. The van der Waals surface area contributed by atoms with Gasteiger partial charge in [0, 0.05) is 23.4 Å². The van der Waals surface area contributed by atoms with Crippen LogP contribution in [0.5, 0.6) is 5.88 Å². The molecule has 3 heterocycles. The smallest absolute Gasteiger partial charge is 0.280 e. The van der Waals surface area contributed by atoms with E-state index in [1.54, 1.807) is 32.9 Å². The van der Waals surface area contributed by atoms with Crippen molar-refractivity contribution in [3.8, 4) is 34.3 Å². The zero-order valence-corrected chi connectivity index (χ0v) is 21.0. The number of benzene rings is 1. The van der Waals surface area contributed by atoms with Gasteiger partial charge in [0.25, 0.3) is 6.43 Å². The number of nitrogen functional groups attached to an aromatic ring is 1. The van der Waals surface area contributed by atoms with Crippen molar-refractivity contribution in [1.29, 1.82) is 5.26 Å². The van der Waals surface area contributed by atoms with Crippen molar-refractivity contribution in [2.24, 2.45) is 0 Å². The molecular weight excluding hydrogens is 493 g/mol. The van der Waals surface area contributed by atoms with E-state index in [2.05, 4.69) is 26.0 Å². The predicted molar refractivity (Wildman–Crippen MR) is 137 cm³/mol. The van der Waals surface area contributed by atoms with Crippen LogP contribution in [-0.4, -0.2) is 26.5 Å². The number of alkyl halides is 2. The molecule has 0 bridgehead atoms. The molecule has 4 rings (SSSR count). The Balaban J connectivity index is 1.75. The fraction of sp³-hybridized carbons (Fsp3) is 0.250. The van der Waals surface area contributed by atoms with Gasteiger partial charge in [-0.1, -0.05) is 6.07 Å². The van der Waals surface area contributed by atoms with Crippen LogP contribution in [0.25, 0.3) is 22.4 Å². The quantitative estimate of drug-likeness (QED) is 0.305. The molecule has 0 aliphatic carbocycles. The highest BCUT2D eigenvalue weighted by atomic mass is 19.3. The van der Waals surface area contributed by atoms with Gasteiger partial charge in [-0.3, -0.25) is 9.97 Å². The first-order valence-corrected chi connectivity index (χ1v) is 11.8. The molecule has 0 aliphatic rings. The molecule has 0 atom stereocenters. The molecule has 0 unspecified atom stereocenters. The number of rotatable bonds is 8. The van der Waals surface area contributed by atoms with Crippen LogP contribution >= 0.6 is 0 Å². The van der Waals surface area contributed by atoms with Crippen molar-refractivity contribution < 1.29 is 17.9 Å². The monoisotopic (exact) mass is 518 g/mol. The summed E-state index contributed by atoms with van der Waals surface area (Å²) in [5.74, 6) is -0.460. The highest BCUT2D eigenvalue weighted by molar-refractivity contribution is 5.85. The van der Waals surface area contributed by atoms with Gasteiger partial charge in [-0.25, -0.2) is 18.2 Å². The summed E-state index contributed by atoms with van der Waals surface area (Å²) >= 11 is 0. The Kier molecular flexibility index (Phi) is 7.57. The number of aromatic nitrogens is 4. The highest BCUT2D eigenvalue weighted by Crippen LogP contribution is 2.39. The Hall–Kier alpha value is -4.52. The van der Waals surface area contributed by atoms with Gasteiger partial charge < -0.3 is 10.5 Å². The molecule has 0 aliphatic heterocycles. The third-order valence-corrected chi connectivity index (χ3v) is 5.82. The largest absolute Gasteiger partial charge is 0.477 e. The maximum absolute atomic E-state index is 13.6. The average molecular weight is 519 g/mol. The normalized spacial score (nSPS) is 11.4. The maximum Gasteiger partial charge on any atom is 0.280 e. The zero-order chi connectivity index (χ0) is 27.4. The second kappa shape index (κ2) is 10.8. The second-order valence-corrected chi connectivity index (χ2v) is 9.19. The molecular formula is C28H25F3N6O. The van der Waals surface area contributed by atoms with Crippen molar-refractivity contribution in [2.75, 3.05) is 12.3 Å². The molecule has 3 aromatic heterocycles. The molecule has 0 spiro atoms. The first kappa shape index (κ1) is 26.5. The third kappa shape index (κ3) is 5.89. The summed E-state index contributed by atoms with van der Waals surface area (Å²) in [4.78, 5) is 17.1. The lowest BCUT2D eigenvalue weighted by Crippen LogP contribution is -2.17. The molecule has 0 saturated heterocycles. The summed E-state index contributed by atoms with van der Waals surface area (Å²) in [5.41, 5.74) is 8.02. The SMILES string of the molecule is Cc1cc(-c2c(OCCc3cccc(C(C)(C)C#N)n3)nc(N)nc2-c2ccc(F)cc2)cc(C(F)F)n1. The van der Waals surface area contributed by atoms with Gasteiger partial charge in [-0.2, -0.15) is 10.2 Å². The molecule has 7 nitrogen and oxygen atoms in total. The van der Waals surface area contributed by atoms with E-state index in [-0.39, 0.29) is 18.4 Å². The van der Waals surface area contributed by atoms with E-state index in [0.717, 1.165) is 0 Å². The zero-order valence-electron chi connectivity index (χ0n) is 21.0. The number of anilines is 1. The molecule has 194 valence electrons. The molecule has 0 amide bonds. The molecule has 0 saturated carbocycles. The molecule has 10 heteroatoms. The van der Waals surface area contributed by atoms with Crippen LogP contribution in [0, 0.1) is 24.1 Å². The van der Waals surface area contributed by atoms with Crippen LogP contribution < -0.4 is 10.5 Å². The Morgan fingerprint density at radius 1 is 1.00 bits per heavy atom. The lowest BCUT2D eigenvalue weighted by Gasteiger charge is -2.17. The molecule has 4 aromatic rings. The van der Waals surface area contributed by atoms with Crippen LogP contribution in [0.4, 0.5) is 19.1 Å². The van der Waals surface area contributed by atoms with E-state index < -0.39 is 23.4 Å². The summed E-state index contributed by atoms with van der Waals surface area (Å²) in [6, 6.07) is 16.1. The molecule has 1 aromatic carbocycles. The fourth-order valence-corrected chi connectivity index (χ4v) is 3.86. The Morgan fingerprint density at radius 2 is 1.74 bits per heavy atom. The third-order valence-electron chi connectivity index (χ3n) is 5.82. The van der Waals surface area contributed by atoms with Crippen LogP contribution in [0.1, 0.15) is 43.0 Å². The number of nitrogens with zero attached hydrogens (tertiary/aromatic N) is 5. The minimum atomic E-state index is -2.79. The van der Waals surface area contributed by atoms with Crippen LogP contribution in [0.2, 0.25) is 0 Å². The second-order valence-electron chi connectivity index (χ2n) is 9.19. The number of pyridine rings is 2. The van der Waals surface area contributed by atoms with Crippen molar-refractivity contribution in [2.45, 2.75) is 39.0 Å². The van der Waals surface area contributed by atoms with Crippen molar-refractivity contribution in [3.63, 3.8) is 0 Å². The van der Waals surface area contributed by atoms with Gasteiger partial charge in [0.15, 0.2) is 0 Å². The summed E-state index contributed by atoms with van der Waals surface area (Å²) in [7, 11) is 0. The molecule has 2 N–H and O–H groups in total. The number of ether oxygens (including phenoxy) is 1. The fourth-order valence-electron chi connectivity index (χ4n) is 3.86. The number of nitrogens with two attached hydrogens (primary N) is 1. The van der Waals surface area contributed by atoms with E-state index in [0.29, 0.717) is 45.9 Å². The van der Waals surface area contributed by atoms with Gasteiger partial charge in [-0.05, 0) is 74.9 Å². The van der Waals surface area contributed by atoms with Crippen molar-refractivity contribution in [3.05, 3.63) is 83.2 Å². The van der Waals surface area contributed by atoms with E-state index in [1.165, 1.54) is 30.3 Å². The molecule has 0 fully saturated rings. The minimum absolute atomic E-state index is 0.0798. The van der Waals surface area contributed by atoms with E-state index in [1.807, 2.05) is 12.1 Å². The lowest BCUT2D eigenvalue weighted by molar-refractivity contribution is 0.146. The summed E-state index contributed by atoms with van der Waals surface area (Å²) in [6.07, 6.45) is -2.42. The summed E-state index contributed by atoms with van der Waals surface area (Å²) in [6.45, 7) is 5.30. The van der Waals surface area contributed by atoms with Crippen molar-refractivity contribution >= 4 is 5.95 Å². The van der Waals surface area contributed by atoms with Crippen LogP contribution in [0.3, 0.4) is 0 Å². The number of hydrogen-bond acceptors (Lipinski definition) is 7. The summed E-state index contributed by atoms with van der Waals surface area (Å²) < 4.78 is 46.9. The number of aryl methyl sites for hydroxylation is 1. The highest BCUT2D eigenvalue weighted by Gasteiger charge is 2.23. The number of halogens is 3. The number of hydrogen-bond donors (Lipinski definition) is 1. The first-order chi connectivity index (χ1) is 18.1. The van der Waals surface area contributed by atoms with Crippen LogP contribution in [0.15, 0.2) is 54.6 Å². The van der Waals surface area contributed by atoms with Gasteiger partial charge in [0.1, 0.15) is 11.5 Å². The Labute approximate surface area is 218 Å². The maximum atomic E-state index is 13.6. The Bertz CT molecular complexity index is 1500. The average Bonchev–Trinajstić information content (AvgIpc) is 2.88. The first-order valence-electron chi connectivity index (χ1n) is 11.8. The van der Waals surface area contributed by atoms with Crippen LogP contribution in [-0.2, 0) is 11.8 Å². The van der Waals surface area contributed by atoms with E-state index in [9.17, 15) is 18.4 Å². The number of nitriles is 1. The minimum Gasteiger partial charge on any atom is -0.477 e.